The summed E-state index contributed by atoms with van der Waals surface area (Å²) < 4.78 is 28.7. The van der Waals surface area contributed by atoms with Crippen molar-refractivity contribution < 1.29 is 17.7 Å². The van der Waals surface area contributed by atoms with Crippen molar-refractivity contribution >= 4 is 15.7 Å². The highest BCUT2D eigenvalue weighted by molar-refractivity contribution is 7.91. The average Bonchev–Trinajstić information content (AvgIpc) is 2.88. The van der Waals surface area contributed by atoms with E-state index in [9.17, 15) is 13.2 Å². The van der Waals surface area contributed by atoms with Gasteiger partial charge in [0.05, 0.1) is 11.5 Å². The Morgan fingerprint density at radius 3 is 2.75 bits per heavy atom. The predicted molar refractivity (Wildman–Crippen MR) is 90.6 cm³/mol. The number of nitrogens with one attached hydrogen (secondary N) is 1. The Hall–Kier alpha value is -2.15. The smallest absolute Gasteiger partial charge is 0.257 e. The molecule has 1 fully saturated rings. The van der Waals surface area contributed by atoms with Gasteiger partial charge in [0.2, 0.25) is 0 Å². The van der Waals surface area contributed by atoms with Crippen molar-refractivity contribution in [3.63, 3.8) is 0 Å². The molecule has 1 aliphatic heterocycles. The lowest BCUT2D eigenvalue weighted by Crippen LogP contribution is -2.43. The summed E-state index contributed by atoms with van der Waals surface area (Å²) in [6, 6.07) is 7.25. The Bertz CT molecular complexity index is 870. The third-order valence-corrected chi connectivity index (χ3v) is 6.11. The first-order chi connectivity index (χ1) is 11.4. The first-order valence-electron chi connectivity index (χ1n) is 7.91. The Morgan fingerprint density at radius 1 is 1.29 bits per heavy atom. The zero-order valence-electron chi connectivity index (χ0n) is 13.7. The number of benzene rings is 1. The molecule has 1 unspecified atom stereocenters. The zero-order chi connectivity index (χ0) is 17.3. The zero-order valence-corrected chi connectivity index (χ0v) is 14.5. The molecule has 1 amide bonds. The number of aryl methyl sites for hydroxylation is 2. The fourth-order valence-electron chi connectivity index (χ4n) is 3.06. The van der Waals surface area contributed by atoms with Gasteiger partial charge in [0.25, 0.3) is 5.91 Å². The maximum Gasteiger partial charge on any atom is 0.257 e. The molecule has 1 aliphatic rings. The minimum absolute atomic E-state index is 0.0111. The second-order valence-electron chi connectivity index (χ2n) is 6.20. The Balaban J connectivity index is 1.88. The molecule has 0 saturated carbocycles. The van der Waals surface area contributed by atoms with Crippen molar-refractivity contribution in [3.8, 4) is 11.3 Å². The monoisotopic (exact) mass is 348 g/mol. The molecule has 3 rings (SSSR count). The molecule has 2 aromatic rings. The molecule has 2 heterocycles. The quantitative estimate of drug-likeness (QED) is 0.919. The number of sulfone groups is 1. The van der Waals surface area contributed by atoms with Crippen LogP contribution in [0.1, 0.15) is 34.5 Å². The van der Waals surface area contributed by atoms with Gasteiger partial charge in [-0.2, -0.15) is 0 Å². The van der Waals surface area contributed by atoms with Gasteiger partial charge >= 0.3 is 0 Å². The fraction of sp³-hybridized carbons (Fsp3) is 0.412. The van der Waals surface area contributed by atoms with E-state index in [0.717, 1.165) is 11.1 Å². The summed E-state index contributed by atoms with van der Waals surface area (Å²) in [7, 11) is -3.08. The van der Waals surface area contributed by atoms with Crippen LogP contribution >= 0.6 is 0 Å². The van der Waals surface area contributed by atoms with Crippen molar-refractivity contribution in [2.45, 2.75) is 32.7 Å². The largest absolute Gasteiger partial charge is 0.360 e. The maximum absolute atomic E-state index is 12.7. The third kappa shape index (κ3) is 3.36. The van der Waals surface area contributed by atoms with Gasteiger partial charge in [0.1, 0.15) is 17.0 Å². The van der Waals surface area contributed by atoms with Gasteiger partial charge in [-0.25, -0.2) is 8.42 Å². The van der Waals surface area contributed by atoms with Gasteiger partial charge in [-0.1, -0.05) is 29.4 Å². The molecular formula is C17H20N2O4S. The van der Waals surface area contributed by atoms with Gasteiger partial charge < -0.3 is 9.84 Å². The molecule has 1 aromatic heterocycles. The third-order valence-electron chi connectivity index (χ3n) is 4.29. The van der Waals surface area contributed by atoms with Crippen molar-refractivity contribution in [2.24, 2.45) is 0 Å². The number of nitrogens with zero attached hydrogens (tertiary/aromatic N) is 1. The van der Waals surface area contributed by atoms with Gasteiger partial charge in [0.15, 0.2) is 9.84 Å². The van der Waals surface area contributed by atoms with Crippen LogP contribution in [0.4, 0.5) is 0 Å². The molecule has 0 radical (unpaired) electrons. The van der Waals surface area contributed by atoms with E-state index >= 15 is 0 Å². The molecule has 24 heavy (non-hydrogen) atoms. The minimum Gasteiger partial charge on any atom is -0.360 e. The van der Waals surface area contributed by atoms with E-state index in [1.165, 1.54) is 0 Å². The number of hydrogen-bond acceptors (Lipinski definition) is 5. The average molecular weight is 348 g/mol. The highest BCUT2D eigenvalue weighted by Crippen LogP contribution is 2.28. The lowest BCUT2D eigenvalue weighted by Gasteiger charge is -2.23. The summed E-state index contributed by atoms with van der Waals surface area (Å²) in [6.07, 6.45) is 1.23. The van der Waals surface area contributed by atoms with E-state index < -0.39 is 9.84 Å². The summed E-state index contributed by atoms with van der Waals surface area (Å²) in [5, 5.41) is 6.86. The highest BCUT2D eigenvalue weighted by Gasteiger charge is 2.29. The molecule has 1 N–H and O–H groups in total. The summed E-state index contributed by atoms with van der Waals surface area (Å²) in [6.45, 7) is 3.62. The SMILES string of the molecule is Cc1ccccc1-c1noc(C)c1C(=O)NC1CCCS(=O)(=O)C1. The van der Waals surface area contributed by atoms with Crippen molar-refractivity contribution in [2.75, 3.05) is 11.5 Å². The van der Waals surface area contributed by atoms with Crippen LogP contribution in [-0.2, 0) is 9.84 Å². The van der Waals surface area contributed by atoms with Crippen LogP contribution in [0.3, 0.4) is 0 Å². The number of aromatic nitrogens is 1. The lowest BCUT2D eigenvalue weighted by atomic mass is 10.0. The Labute approximate surface area is 141 Å². The van der Waals surface area contributed by atoms with E-state index in [-0.39, 0.29) is 23.5 Å². The number of carbonyl (C=O) groups is 1. The second-order valence-corrected chi connectivity index (χ2v) is 8.43. The van der Waals surface area contributed by atoms with Crippen LogP contribution in [0.2, 0.25) is 0 Å². The van der Waals surface area contributed by atoms with Gasteiger partial charge in [-0.15, -0.1) is 0 Å². The molecule has 1 aromatic carbocycles. The number of rotatable bonds is 3. The molecule has 128 valence electrons. The number of amides is 1. The van der Waals surface area contributed by atoms with Gasteiger partial charge in [-0.3, -0.25) is 4.79 Å². The Kier molecular flexibility index (Phi) is 4.45. The molecule has 1 saturated heterocycles. The normalized spacial score (nSPS) is 19.8. The molecule has 7 heteroatoms. The van der Waals surface area contributed by atoms with Gasteiger partial charge in [-0.05, 0) is 32.3 Å². The van der Waals surface area contributed by atoms with Crippen LogP contribution in [0, 0.1) is 13.8 Å². The molecule has 0 bridgehead atoms. The van der Waals surface area contributed by atoms with E-state index in [1.807, 2.05) is 31.2 Å². The summed E-state index contributed by atoms with van der Waals surface area (Å²) in [5.41, 5.74) is 2.67. The van der Waals surface area contributed by atoms with Crippen LogP contribution in [0.15, 0.2) is 28.8 Å². The molecule has 0 aliphatic carbocycles. The first kappa shape index (κ1) is 16.7. The topological polar surface area (TPSA) is 89.3 Å². The van der Waals surface area contributed by atoms with Crippen LogP contribution in [0.25, 0.3) is 11.3 Å². The standard InChI is InChI=1S/C17H20N2O4S/c1-11-6-3-4-8-14(11)16-15(12(2)23-19-16)17(20)18-13-7-5-9-24(21,22)10-13/h3-4,6,8,13H,5,7,9-10H2,1-2H3,(H,18,20). The summed E-state index contributed by atoms with van der Waals surface area (Å²) >= 11 is 0. The summed E-state index contributed by atoms with van der Waals surface area (Å²) in [5.74, 6) is 0.265. The van der Waals surface area contributed by atoms with E-state index in [2.05, 4.69) is 10.5 Å². The number of carbonyl (C=O) groups excluding carboxylic acids is 1. The van der Waals surface area contributed by atoms with E-state index in [4.69, 9.17) is 4.52 Å². The lowest BCUT2D eigenvalue weighted by molar-refractivity contribution is 0.0937. The summed E-state index contributed by atoms with van der Waals surface area (Å²) in [4.78, 5) is 12.7. The van der Waals surface area contributed by atoms with Crippen molar-refractivity contribution in [1.82, 2.24) is 10.5 Å². The van der Waals surface area contributed by atoms with E-state index in [1.54, 1.807) is 6.92 Å². The Morgan fingerprint density at radius 2 is 2.04 bits per heavy atom. The van der Waals surface area contributed by atoms with Crippen molar-refractivity contribution in [3.05, 3.63) is 41.2 Å². The second kappa shape index (κ2) is 6.39. The maximum atomic E-state index is 12.7. The fourth-order valence-corrected chi connectivity index (χ4v) is 4.69. The van der Waals surface area contributed by atoms with Crippen LogP contribution in [0.5, 0.6) is 0 Å². The van der Waals surface area contributed by atoms with Crippen LogP contribution < -0.4 is 5.32 Å². The minimum atomic E-state index is -3.08. The van der Waals surface area contributed by atoms with Crippen LogP contribution in [-0.4, -0.2) is 37.0 Å². The highest BCUT2D eigenvalue weighted by atomic mass is 32.2. The number of hydrogen-bond donors (Lipinski definition) is 1. The van der Waals surface area contributed by atoms with Crippen molar-refractivity contribution in [1.29, 1.82) is 0 Å². The molecule has 6 nitrogen and oxygen atoms in total. The molecule has 0 spiro atoms. The first-order valence-corrected chi connectivity index (χ1v) is 9.73. The predicted octanol–water partition coefficient (Wildman–Crippen LogP) is 2.27. The van der Waals surface area contributed by atoms with Gasteiger partial charge in [0, 0.05) is 11.6 Å². The van der Waals surface area contributed by atoms with E-state index in [0.29, 0.717) is 29.9 Å². The molecular weight excluding hydrogens is 328 g/mol. The molecule has 1 atom stereocenters.